The maximum absolute atomic E-state index is 9.11. The molecule has 0 aliphatic heterocycles. The van der Waals surface area contributed by atoms with Crippen LogP contribution in [0.15, 0.2) is 30.5 Å². The Hall–Kier alpha value is -1.32. The summed E-state index contributed by atoms with van der Waals surface area (Å²) in [5, 5.41) is 14.0. The van der Waals surface area contributed by atoms with Crippen LogP contribution in [0.5, 0.6) is 0 Å². The molecule has 0 radical (unpaired) electrons. The zero-order valence-corrected chi connectivity index (χ0v) is 14.9. The molecule has 0 aliphatic carbocycles. The van der Waals surface area contributed by atoms with Crippen LogP contribution in [-0.2, 0) is 6.42 Å². The van der Waals surface area contributed by atoms with Crippen molar-refractivity contribution < 1.29 is 5.11 Å². The molecule has 1 aromatic carbocycles. The Labute approximate surface area is 140 Å². The molecule has 0 amide bonds. The van der Waals surface area contributed by atoms with Crippen LogP contribution in [0, 0.1) is 11.3 Å². The van der Waals surface area contributed by atoms with Gasteiger partial charge in [0.05, 0.1) is 0 Å². The third-order valence-corrected chi connectivity index (χ3v) is 4.75. The summed E-state index contributed by atoms with van der Waals surface area (Å²) >= 11 is 0. The predicted molar refractivity (Wildman–Crippen MR) is 98.8 cm³/mol. The first-order valence-corrected chi connectivity index (χ1v) is 8.88. The molecule has 1 heterocycles. The average molecular weight is 316 g/mol. The first-order chi connectivity index (χ1) is 11.0. The van der Waals surface area contributed by atoms with E-state index >= 15 is 0 Å². The van der Waals surface area contributed by atoms with Gasteiger partial charge in [-0.15, -0.1) is 0 Å². The quantitative estimate of drug-likeness (QED) is 0.577. The zero-order chi connectivity index (χ0) is 16.7. The fourth-order valence-corrected chi connectivity index (χ4v) is 3.49. The molecule has 1 aromatic heterocycles. The van der Waals surface area contributed by atoms with Crippen molar-refractivity contribution in [2.24, 2.45) is 11.3 Å². The summed E-state index contributed by atoms with van der Waals surface area (Å²) in [6.07, 6.45) is 6.46. The minimum absolute atomic E-state index is 0.248. The number of nitrogens with one attached hydrogen (secondary N) is 2. The van der Waals surface area contributed by atoms with Gasteiger partial charge in [0.25, 0.3) is 0 Å². The molecule has 3 nitrogen and oxygen atoms in total. The summed E-state index contributed by atoms with van der Waals surface area (Å²) in [7, 11) is 0. The molecule has 2 rings (SSSR count). The highest BCUT2D eigenvalue weighted by Gasteiger charge is 2.20. The van der Waals surface area contributed by atoms with Gasteiger partial charge in [0, 0.05) is 23.7 Å². The number of H-pyrrole nitrogens is 1. The van der Waals surface area contributed by atoms with Gasteiger partial charge in [-0.1, -0.05) is 39.0 Å². The third kappa shape index (κ3) is 5.67. The molecule has 128 valence electrons. The number of hydrogen-bond donors (Lipinski definition) is 3. The second kappa shape index (κ2) is 8.51. The van der Waals surface area contributed by atoms with E-state index in [1.165, 1.54) is 29.3 Å². The van der Waals surface area contributed by atoms with Gasteiger partial charge in [0.15, 0.2) is 0 Å². The highest BCUT2D eigenvalue weighted by atomic mass is 16.3. The van der Waals surface area contributed by atoms with Crippen LogP contribution in [-0.4, -0.2) is 29.8 Å². The molecule has 1 unspecified atom stereocenters. The Kier molecular flexibility index (Phi) is 6.67. The number of benzene rings is 1. The van der Waals surface area contributed by atoms with Crippen LogP contribution in [0.4, 0.5) is 0 Å². The number of fused-ring (bicyclic) bond motifs is 1. The molecule has 0 spiro atoms. The topological polar surface area (TPSA) is 48.0 Å². The lowest BCUT2D eigenvalue weighted by Crippen LogP contribution is -2.23. The molecule has 2 aromatic rings. The lowest BCUT2D eigenvalue weighted by atomic mass is 9.80. The molecule has 3 heteroatoms. The van der Waals surface area contributed by atoms with E-state index in [0.717, 1.165) is 25.9 Å². The van der Waals surface area contributed by atoms with E-state index in [4.69, 9.17) is 5.11 Å². The Bertz CT molecular complexity index is 588. The Morgan fingerprint density at radius 3 is 2.78 bits per heavy atom. The lowest BCUT2D eigenvalue weighted by Gasteiger charge is -2.27. The number of aromatic amines is 1. The third-order valence-electron chi connectivity index (χ3n) is 4.75. The minimum Gasteiger partial charge on any atom is -0.396 e. The van der Waals surface area contributed by atoms with E-state index in [9.17, 15) is 0 Å². The van der Waals surface area contributed by atoms with E-state index in [0.29, 0.717) is 12.5 Å². The van der Waals surface area contributed by atoms with Gasteiger partial charge in [0.2, 0.25) is 0 Å². The number of hydrogen-bond acceptors (Lipinski definition) is 2. The normalized spacial score (nSPS) is 13.6. The van der Waals surface area contributed by atoms with Gasteiger partial charge in [-0.05, 0) is 61.7 Å². The molecule has 1 atom stereocenters. The number of para-hydroxylation sites is 1. The van der Waals surface area contributed by atoms with Crippen LogP contribution in [0.1, 0.15) is 45.6 Å². The van der Waals surface area contributed by atoms with Crippen molar-refractivity contribution in [1.82, 2.24) is 10.3 Å². The summed E-state index contributed by atoms with van der Waals surface area (Å²) in [6.45, 7) is 9.21. The Morgan fingerprint density at radius 2 is 2.00 bits per heavy atom. The molecule has 0 saturated carbocycles. The van der Waals surface area contributed by atoms with Crippen molar-refractivity contribution in [1.29, 1.82) is 0 Å². The summed E-state index contributed by atoms with van der Waals surface area (Å²) in [6, 6.07) is 8.48. The van der Waals surface area contributed by atoms with E-state index in [1.54, 1.807) is 0 Å². The van der Waals surface area contributed by atoms with E-state index in [1.807, 2.05) is 0 Å². The van der Waals surface area contributed by atoms with Crippen molar-refractivity contribution in [3.63, 3.8) is 0 Å². The first kappa shape index (κ1) is 18.0. The van der Waals surface area contributed by atoms with Crippen LogP contribution in [0.3, 0.4) is 0 Å². The maximum Gasteiger partial charge on any atom is 0.0456 e. The van der Waals surface area contributed by atoms with Crippen molar-refractivity contribution in [3.05, 3.63) is 36.0 Å². The molecule has 0 fully saturated rings. The van der Waals surface area contributed by atoms with Gasteiger partial charge in [-0.25, -0.2) is 0 Å². The molecular weight excluding hydrogens is 284 g/mol. The van der Waals surface area contributed by atoms with Gasteiger partial charge in [-0.2, -0.15) is 0 Å². The standard InChI is InChI=1S/C20H32N2O/c1-16(14-20(2,3)10-13-23)8-11-21-12-9-17-15-22-19-7-5-4-6-18(17)19/h4-7,15-16,21-23H,8-14H2,1-3H3. The molecule has 0 aliphatic rings. The summed E-state index contributed by atoms with van der Waals surface area (Å²) in [5.41, 5.74) is 2.87. The second-order valence-electron chi connectivity index (χ2n) is 7.60. The summed E-state index contributed by atoms with van der Waals surface area (Å²) in [4.78, 5) is 3.34. The molecular formula is C20H32N2O. The monoisotopic (exact) mass is 316 g/mol. The average Bonchev–Trinajstić information content (AvgIpc) is 2.89. The summed E-state index contributed by atoms with van der Waals surface area (Å²) in [5.74, 6) is 0.692. The fourth-order valence-electron chi connectivity index (χ4n) is 3.49. The van der Waals surface area contributed by atoms with Crippen LogP contribution >= 0.6 is 0 Å². The van der Waals surface area contributed by atoms with Gasteiger partial charge in [-0.3, -0.25) is 0 Å². The SMILES string of the molecule is CC(CCNCCc1c[nH]c2ccccc12)CC(C)(C)CCO. The Morgan fingerprint density at radius 1 is 1.22 bits per heavy atom. The smallest absolute Gasteiger partial charge is 0.0456 e. The number of aliphatic hydroxyl groups excluding tert-OH is 1. The minimum atomic E-state index is 0.248. The van der Waals surface area contributed by atoms with Crippen molar-refractivity contribution >= 4 is 10.9 Å². The highest BCUT2D eigenvalue weighted by Crippen LogP contribution is 2.29. The van der Waals surface area contributed by atoms with Gasteiger partial charge >= 0.3 is 0 Å². The number of aliphatic hydroxyl groups is 1. The molecule has 23 heavy (non-hydrogen) atoms. The predicted octanol–water partition coefficient (Wildman–Crippen LogP) is 4.12. The fraction of sp³-hybridized carbons (Fsp3) is 0.600. The lowest BCUT2D eigenvalue weighted by molar-refractivity contribution is 0.180. The van der Waals surface area contributed by atoms with E-state index in [2.05, 4.69) is 61.5 Å². The van der Waals surface area contributed by atoms with E-state index in [-0.39, 0.29) is 5.41 Å². The molecule has 0 saturated heterocycles. The summed E-state index contributed by atoms with van der Waals surface area (Å²) < 4.78 is 0. The largest absolute Gasteiger partial charge is 0.396 e. The second-order valence-corrected chi connectivity index (χ2v) is 7.60. The molecule has 3 N–H and O–H groups in total. The van der Waals surface area contributed by atoms with Crippen molar-refractivity contribution in [3.8, 4) is 0 Å². The van der Waals surface area contributed by atoms with Crippen molar-refractivity contribution in [2.45, 2.75) is 46.5 Å². The van der Waals surface area contributed by atoms with Gasteiger partial charge in [0.1, 0.15) is 0 Å². The maximum atomic E-state index is 9.11. The van der Waals surface area contributed by atoms with Gasteiger partial charge < -0.3 is 15.4 Å². The van der Waals surface area contributed by atoms with Crippen LogP contribution in [0.25, 0.3) is 10.9 Å². The van der Waals surface area contributed by atoms with Crippen LogP contribution < -0.4 is 5.32 Å². The molecule has 0 bridgehead atoms. The Balaban J connectivity index is 1.66. The van der Waals surface area contributed by atoms with Crippen molar-refractivity contribution in [2.75, 3.05) is 19.7 Å². The first-order valence-electron chi connectivity index (χ1n) is 8.88. The van der Waals surface area contributed by atoms with E-state index < -0.39 is 0 Å². The number of aromatic nitrogens is 1. The van der Waals surface area contributed by atoms with Crippen LogP contribution in [0.2, 0.25) is 0 Å². The number of rotatable bonds is 10. The highest BCUT2D eigenvalue weighted by molar-refractivity contribution is 5.83. The zero-order valence-electron chi connectivity index (χ0n) is 14.9.